The zero-order chi connectivity index (χ0) is 46.6. The highest BCUT2D eigenvalue weighted by Gasteiger charge is 2.65. The van der Waals surface area contributed by atoms with Gasteiger partial charge in [-0.2, -0.15) is 0 Å². The zero-order valence-electron chi connectivity index (χ0n) is 37.4. The standard InChI is InChI=1S/C50H60N4O12/c1-3-25-52(46(57)24-19-34-17-20-36(21-18-34)53(58)59)45-33-43(51-66-47-16-7-10-29-62-47)41-30-35(12-5-8-26-55)40(15-6-9-27-56)48-42-32-39(64-38-14-11-13-37(31-38)54(60)61)22-23-44(42)65-50(45,49(41)48)63-28-4-2/h4,11,13-14,17-24,30-32,35,40,45,47-49,55-56H,2-3,5-10,12,15-16,25-29,33H2,1H3. The van der Waals surface area contributed by atoms with E-state index >= 15 is 0 Å². The van der Waals surface area contributed by atoms with Gasteiger partial charge < -0.3 is 38.9 Å². The van der Waals surface area contributed by atoms with E-state index in [1.54, 1.807) is 47.4 Å². The number of rotatable bonds is 22. The predicted octanol–water partition coefficient (Wildman–Crippen LogP) is 9.41. The van der Waals surface area contributed by atoms with E-state index in [1.165, 1.54) is 30.3 Å². The Labute approximate surface area is 384 Å². The van der Waals surface area contributed by atoms with E-state index < -0.39 is 33.9 Å². The molecule has 7 unspecified atom stereocenters. The second kappa shape index (κ2) is 22.5. The van der Waals surface area contributed by atoms with Crippen molar-refractivity contribution in [2.24, 2.45) is 22.9 Å². The highest BCUT2D eigenvalue weighted by molar-refractivity contribution is 6.03. The van der Waals surface area contributed by atoms with E-state index in [1.807, 2.05) is 19.1 Å². The number of nitro benzene ring substituents is 2. The van der Waals surface area contributed by atoms with Crippen LogP contribution in [0.4, 0.5) is 11.4 Å². The lowest BCUT2D eigenvalue weighted by molar-refractivity contribution is -0.385. The number of benzene rings is 3. The summed E-state index contributed by atoms with van der Waals surface area (Å²) < 4.78 is 26.7. The largest absolute Gasteiger partial charge is 0.459 e. The van der Waals surface area contributed by atoms with Crippen LogP contribution in [0, 0.1) is 38.0 Å². The molecule has 0 spiro atoms. The first-order valence-corrected chi connectivity index (χ1v) is 23.1. The molecule has 4 aliphatic rings. The summed E-state index contributed by atoms with van der Waals surface area (Å²) in [7, 11) is 0. The molecule has 0 aromatic heterocycles. The third kappa shape index (κ3) is 10.8. The summed E-state index contributed by atoms with van der Waals surface area (Å²) >= 11 is 0. The number of fused-ring (bicyclic) bond motifs is 2. The van der Waals surface area contributed by atoms with Crippen molar-refractivity contribution in [2.45, 2.75) is 102 Å². The maximum atomic E-state index is 14.8. The van der Waals surface area contributed by atoms with Gasteiger partial charge in [0.2, 0.25) is 18.0 Å². The first-order valence-electron chi connectivity index (χ1n) is 23.1. The van der Waals surface area contributed by atoms with E-state index in [4.69, 9.17) is 28.9 Å². The number of carbonyl (C=O) groups is 1. The van der Waals surface area contributed by atoms with Crippen LogP contribution in [-0.4, -0.2) is 87.7 Å². The fourth-order valence-electron chi connectivity index (χ4n) is 10.1. The number of nitro groups is 2. The number of carbonyl (C=O) groups excluding carboxylic acids is 1. The number of allylic oxidation sites excluding steroid dienone is 1. The fraction of sp³-hybridized carbons (Fsp3) is 0.480. The lowest BCUT2D eigenvalue weighted by atomic mass is 9.55. The quantitative estimate of drug-likeness (QED) is 0.0318. The summed E-state index contributed by atoms with van der Waals surface area (Å²) in [5, 5.41) is 47.9. The normalized spacial score (nSPS) is 25.0. The van der Waals surface area contributed by atoms with Gasteiger partial charge in [-0.25, -0.2) is 0 Å². The fourth-order valence-corrected chi connectivity index (χ4v) is 10.1. The Morgan fingerprint density at radius 1 is 0.970 bits per heavy atom. The smallest absolute Gasteiger partial charge is 0.273 e. The third-order valence-corrected chi connectivity index (χ3v) is 13.0. The van der Waals surface area contributed by atoms with Crippen LogP contribution in [0.5, 0.6) is 17.2 Å². The first kappa shape index (κ1) is 48.0. The molecule has 2 fully saturated rings. The first-order chi connectivity index (χ1) is 32.1. The van der Waals surface area contributed by atoms with E-state index in [0.717, 1.165) is 49.7 Å². The van der Waals surface area contributed by atoms with Crippen LogP contribution in [0.2, 0.25) is 0 Å². The number of unbranched alkanes of at least 4 members (excludes halogenated alkanes) is 2. The van der Waals surface area contributed by atoms with E-state index in [-0.39, 0.29) is 61.3 Å². The molecular formula is C50H60N4O12. The number of nitrogens with zero attached hydrogens (tertiary/aromatic N) is 4. The molecule has 2 aliphatic carbocycles. The second-order valence-corrected chi connectivity index (χ2v) is 17.2. The van der Waals surface area contributed by atoms with Crippen LogP contribution in [0.1, 0.15) is 94.6 Å². The summed E-state index contributed by atoms with van der Waals surface area (Å²) in [4.78, 5) is 44.9. The summed E-state index contributed by atoms with van der Waals surface area (Å²) in [5.41, 5.74) is 2.77. The SMILES string of the molecule is C=CCOC12Oc3ccc(Oc4cccc([N+](=O)[O-])c4)cc3C3C(CCCCO)C(CCCCO)C=C(C(=NOC4CCCCO4)CC1N(CCC)C(=O)C=Cc1ccc([N+](=O)[O-])cc1)C32. The van der Waals surface area contributed by atoms with E-state index in [0.29, 0.717) is 67.4 Å². The van der Waals surface area contributed by atoms with Gasteiger partial charge in [-0.15, -0.1) is 6.58 Å². The van der Waals surface area contributed by atoms with Crippen molar-refractivity contribution < 1.29 is 48.6 Å². The Hall–Kier alpha value is -5.94. The van der Waals surface area contributed by atoms with Gasteiger partial charge in [0.05, 0.1) is 40.8 Å². The number of amides is 1. The molecule has 0 radical (unpaired) electrons. The minimum absolute atomic E-state index is 0.0124. The van der Waals surface area contributed by atoms with Crippen molar-refractivity contribution >= 4 is 29.1 Å². The van der Waals surface area contributed by atoms with Crippen molar-refractivity contribution in [1.82, 2.24) is 4.90 Å². The average Bonchev–Trinajstić information content (AvgIpc) is 3.33. The molecule has 7 atom stereocenters. The lowest BCUT2D eigenvalue weighted by Crippen LogP contribution is -2.70. The third-order valence-electron chi connectivity index (χ3n) is 13.0. The molecule has 3 aromatic carbocycles. The monoisotopic (exact) mass is 908 g/mol. The minimum atomic E-state index is -1.50. The van der Waals surface area contributed by atoms with Crippen LogP contribution >= 0.6 is 0 Å². The predicted molar refractivity (Wildman–Crippen MR) is 247 cm³/mol. The van der Waals surface area contributed by atoms with Crippen molar-refractivity contribution in [2.75, 3.05) is 33.0 Å². The molecule has 352 valence electrons. The molecule has 7 rings (SSSR count). The van der Waals surface area contributed by atoms with E-state index in [2.05, 4.69) is 12.7 Å². The molecule has 16 nitrogen and oxygen atoms in total. The van der Waals surface area contributed by atoms with Gasteiger partial charge in [-0.3, -0.25) is 25.0 Å². The van der Waals surface area contributed by atoms with Crippen LogP contribution < -0.4 is 9.47 Å². The molecule has 0 bridgehead atoms. The van der Waals surface area contributed by atoms with E-state index in [9.17, 15) is 35.2 Å². The topological polar surface area (TPSA) is 206 Å². The van der Waals surface area contributed by atoms with Crippen LogP contribution in [0.3, 0.4) is 0 Å². The summed E-state index contributed by atoms with van der Waals surface area (Å²) in [6.45, 7) is 7.04. The van der Waals surface area contributed by atoms with Gasteiger partial charge >= 0.3 is 0 Å². The van der Waals surface area contributed by atoms with Crippen LogP contribution in [-0.2, 0) is 19.1 Å². The molecule has 1 saturated carbocycles. The number of aliphatic hydroxyl groups excluding tert-OH is 2. The highest BCUT2D eigenvalue weighted by atomic mass is 16.8. The lowest BCUT2D eigenvalue weighted by Gasteiger charge is -2.60. The van der Waals surface area contributed by atoms with Gasteiger partial charge in [-0.1, -0.05) is 43.1 Å². The number of oxime groups is 1. The van der Waals surface area contributed by atoms with Gasteiger partial charge in [-0.05, 0) is 110 Å². The van der Waals surface area contributed by atoms with Crippen molar-refractivity contribution in [3.05, 3.63) is 128 Å². The van der Waals surface area contributed by atoms with Crippen molar-refractivity contribution in [3.8, 4) is 17.2 Å². The molecule has 16 heteroatoms. The van der Waals surface area contributed by atoms with Gasteiger partial charge in [0.25, 0.3) is 11.4 Å². The van der Waals surface area contributed by atoms with Crippen molar-refractivity contribution in [1.29, 1.82) is 0 Å². The van der Waals surface area contributed by atoms with Gasteiger partial charge in [0, 0.05) is 68.4 Å². The Morgan fingerprint density at radius 3 is 2.42 bits per heavy atom. The molecule has 1 saturated heterocycles. The van der Waals surface area contributed by atoms with Gasteiger partial charge in [0.15, 0.2) is 0 Å². The second-order valence-electron chi connectivity index (χ2n) is 17.2. The molecule has 66 heavy (non-hydrogen) atoms. The maximum absolute atomic E-state index is 14.8. The molecule has 1 amide bonds. The summed E-state index contributed by atoms with van der Waals surface area (Å²) in [6.07, 6.45) is 14.0. The number of hydrogen-bond acceptors (Lipinski definition) is 13. The Morgan fingerprint density at radius 2 is 1.73 bits per heavy atom. The highest BCUT2D eigenvalue weighted by Crippen LogP contribution is 2.62. The Kier molecular flexibility index (Phi) is 16.4. The summed E-state index contributed by atoms with van der Waals surface area (Å²) in [6, 6.07) is 16.7. The van der Waals surface area contributed by atoms with Crippen LogP contribution in [0.15, 0.2) is 102 Å². The number of non-ortho nitro benzene ring substituents is 2. The minimum Gasteiger partial charge on any atom is -0.459 e. The number of ether oxygens (including phenoxy) is 4. The van der Waals surface area contributed by atoms with Crippen LogP contribution in [0.25, 0.3) is 6.08 Å². The Balaban J connectivity index is 1.42. The van der Waals surface area contributed by atoms with Gasteiger partial charge in [0.1, 0.15) is 23.3 Å². The molecule has 2 aliphatic heterocycles. The summed E-state index contributed by atoms with van der Waals surface area (Å²) in [5.74, 6) is -1.54. The molecule has 2 heterocycles. The Bertz CT molecular complexity index is 2270. The molecular weight excluding hydrogens is 849 g/mol. The molecule has 3 aromatic rings. The average molecular weight is 909 g/mol. The number of hydrogen-bond donors (Lipinski definition) is 2. The maximum Gasteiger partial charge on any atom is 0.273 e. The number of aliphatic hydroxyl groups is 2. The zero-order valence-corrected chi connectivity index (χ0v) is 37.4. The molecule has 2 N–H and O–H groups in total. The van der Waals surface area contributed by atoms with Crippen molar-refractivity contribution in [3.63, 3.8) is 0 Å².